The number of Topliss-reactive ketones (excluding diaryl/α,β-unsaturated/α-hetero) is 1. The fourth-order valence-corrected chi connectivity index (χ4v) is 3.49. The number of fused-ring (bicyclic) bond motifs is 1. The summed E-state index contributed by atoms with van der Waals surface area (Å²) in [5.41, 5.74) is 1.63. The summed E-state index contributed by atoms with van der Waals surface area (Å²) < 4.78 is 0. The lowest BCUT2D eigenvalue weighted by molar-refractivity contribution is 0.102. The summed E-state index contributed by atoms with van der Waals surface area (Å²) in [5.74, 6) is 0.592. The van der Waals surface area contributed by atoms with Crippen LogP contribution in [0.15, 0.2) is 35.1 Å². The molecule has 0 aliphatic heterocycles. The number of aromatic nitrogens is 2. The van der Waals surface area contributed by atoms with Gasteiger partial charge in [0.1, 0.15) is 10.7 Å². The van der Waals surface area contributed by atoms with Crippen LogP contribution in [-0.4, -0.2) is 15.8 Å². The molecule has 0 amide bonds. The number of carbonyl (C=O) groups excluding carboxylic acids is 1. The van der Waals surface area contributed by atoms with E-state index in [1.165, 1.54) is 18.3 Å². The summed E-state index contributed by atoms with van der Waals surface area (Å²) in [6, 6.07) is 9.84. The van der Waals surface area contributed by atoms with Gasteiger partial charge in [0.05, 0.1) is 10.3 Å². The van der Waals surface area contributed by atoms with Gasteiger partial charge in [-0.15, -0.1) is 11.3 Å². The summed E-state index contributed by atoms with van der Waals surface area (Å²) in [4.78, 5) is 32.4. The molecule has 0 saturated carbocycles. The molecule has 5 heteroatoms. The fourth-order valence-electron chi connectivity index (χ4n) is 2.40. The van der Waals surface area contributed by atoms with Gasteiger partial charge in [0.25, 0.3) is 5.56 Å². The van der Waals surface area contributed by atoms with Crippen molar-refractivity contribution in [1.82, 2.24) is 9.97 Å². The van der Waals surface area contributed by atoms with Crippen molar-refractivity contribution in [2.24, 2.45) is 0 Å². The van der Waals surface area contributed by atoms with Crippen LogP contribution in [0, 0.1) is 6.92 Å². The van der Waals surface area contributed by atoms with E-state index in [4.69, 9.17) is 0 Å². The maximum Gasteiger partial charge on any atom is 0.259 e. The molecule has 0 fully saturated rings. The van der Waals surface area contributed by atoms with Gasteiger partial charge in [0.15, 0.2) is 5.78 Å². The lowest BCUT2D eigenvalue weighted by Gasteiger charge is -2.01. The molecule has 4 nitrogen and oxygen atoms in total. The number of rotatable bonds is 3. The summed E-state index contributed by atoms with van der Waals surface area (Å²) in [5, 5.41) is 0.530. The standard InChI is InChI=1S/C16H14N2O2S/c1-9-13-15(20)17-12(8-11-6-4-3-5-7-11)18-16(13)21-14(9)10(2)19/h3-7H,8H2,1-2H3,(H,17,18,20). The number of nitrogens with zero attached hydrogens (tertiary/aromatic N) is 1. The fraction of sp³-hybridized carbons (Fsp3) is 0.188. The van der Waals surface area contributed by atoms with Crippen molar-refractivity contribution >= 4 is 27.3 Å². The molecule has 0 atom stereocenters. The highest BCUT2D eigenvalue weighted by atomic mass is 32.1. The third-order valence-electron chi connectivity index (χ3n) is 3.38. The minimum Gasteiger partial charge on any atom is -0.310 e. The minimum atomic E-state index is -0.174. The Morgan fingerprint density at radius 2 is 2.00 bits per heavy atom. The molecule has 0 aliphatic rings. The molecule has 2 heterocycles. The molecule has 0 spiro atoms. The topological polar surface area (TPSA) is 62.8 Å². The van der Waals surface area contributed by atoms with Gasteiger partial charge in [0, 0.05) is 6.42 Å². The zero-order chi connectivity index (χ0) is 15.0. The van der Waals surface area contributed by atoms with Crippen LogP contribution in [-0.2, 0) is 6.42 Å². The van der Waals surface area contributed by atoms with Gasteiger partial charge < -0.3 is 4.98 Å². The number of hydrogen-bond donors (Lipinski definition) is 1. The normalized spacial score (nSPS) is 11.0. The van der Waals surface area contributed by atoms with Crippen LogP contribution in [0.3, 0.4) is 0 Å². The zero-order valence-corrected chi connectivity index (χ0v) is 12.6. The highest BCUT2D eigenvalue weighted by Gasteiger charge is 2.16. The second-order valence-corrected chi connectivity index (χ2v) is 5.97. The SMILES string of the molecule is CC(=O)c1sc2nc(Cc3ccccc3)[nH]c(=O)c2c1C. The number of aryl methyl sites for hydroxylation is 1. The average Bonchev–Trinajstić information content (AvgIpc) is 2.77. The molecule has 2 aromatic heterocycles. The van der Waals surface area contributed by atoms with E-state index in [-0.39, 0.29) is 11.3 Å². The first-order chi connectivity index (χ1) is 10.1. The molecule has 21 heavy (non-hydrogen) atoms. The van der Waals surface area contributed by atoms with Crippen LogP contribution in [0.5, 0.6) is 0 Å². The van der Waals surface area contributed by atoms with Gasteiger partial charge in [0.2, 0.25) is 0 Å². The van der Waals surface area contributed by atoms with Crippen LogP contribution in [0.2, 0.25) is 0 Å². The molecule has 0 bridgehead atoms. The number of ketones is 1. The highest BCUT2D eigenvalue weighted by Crippen LogP contribution is 2.27. The Balaban J connectivity index is 2.11. The number of thiophene rings is 1. The maximum atomic E-state index is 12.2. The van der Waals surface area contributed by atoms with Crippen molar-refractivity contribution in [1.29, 1.82) is 0 Å². The summed E-state index contributed by atoms with van der Waals surface area (Å²) in [6.07, 6.45) is 0.568. The molecule has 0 unspecified atom stereocenters. The van der Waals surface area contributed by atoms with E-state index in [1.54, 1.807) is 6.92 Å². The predicted molar refractivity (Wildman–Crippen MR) is 84.2 cm³/mol. The van der Waals surface area contributed by atoms with Gasteiger partial charge >= 0.3 is 0 Å². The lowest BCUT2D eigenvalue weighted by Crippen LogP contribution is -2.12. The third kappa shape index (κ3) is 2.52. The molecule has 1 N–H and O–H groups in total. The van der Waals surface area contributed by atoms with Gasteiger partial charge in [-0.05, 0) is 25.0 Å². The van der Waals surface area contributed by atoms with Crippen molar-refractivity contribution < 1.29 is 4.79 Å². The first-order valence-corrected chi connectivity index (χ1v) is 7.45. The van der Waals surface area contributed by atoms with Gasteiger partial charge in [-0.3, -0.25) is 9.59 Å². The predicted octanol–water partition coefficient (Wildman–Crippen LogP) is 3.09. The first kappa shape index (κ1) is 13.7. The smallest absolute Gasteiger partial charge is 0.259 e. The van der Waals surface area contributed by atoms with Crippen molar-refractivity contribution in [3.8, 4) is 0 Å². The number of nitrogens with one attached hydrogen (secondary N) is 1. The van der Waals surface area contributed by atoms with Crippen molar-refractivity contribution in [2.75, 3.05) is 0 Å². The Morgan fingerprint density at radius 3 is 2.67 bits per heavy atom. The number of hydrogen-bond acceptors (Lipinski definition) is 4. The minimum absolute atomic E-state index is 0.0282. The number of carbonyl (C=O) groups is 1. The zero-order valence-electron chi connectivity index (χ0n) is 11.8. The van der Waals surface area contributed by atoms with Crippen LogP contribution >= 0.6 is 11.3 Å². The lowest BCUT2D eigenvalue weighted by atomic mass is 10.1. The van der Waals surface area contributed by atoms with Gasteiger partial charge in [-0.2, -0.15) is 0 Å². The van der Waals surface area contributed by atoms with Crippen LogP contribution in [0.4, 0.5) is 0 Å². The molecule has 0 radical (unpaired) electrons. The number of benzene rings is 1. The summed E-state index contributed by atoms with van der Waals surface area (Å²) in [7, 11) is 0. The second-order valence-electron chi connectivity index (χ2n) is 4.97. The largest absolute Gasteiger partial charge is 0.310 e. The Bertz CT molecular complexity index is 878. The Hall–Kier alpha value is -2.27. The van der Waals surface area contributed by atoms with E-state index in [1.807, 2.05) is 30.3 Å². The average molecular weight is 298 g/mol. The van der Waals surface area contributed by atoms with E-state index in [0.717, 1.165) is 11.1 Å². The maximum absolute atomic E-state index is 12.2. The molecule has 3 aromatic rings. The van der Waals surface area contributed by atoms with Crippen LogP contribution < -0.4 is 5.56 Å². The van der Waals surface area contributed by atoms with E-state index in [9.17, 15) is 9.59 Å². The number of aromatic amines is 1. The van der Waals surface area contributed by atoms with Crippen molar-refractivity contribution in [2.45, 2.75) is 20.3 Å². The van der Waals surface area contributed by atoms with Crippen molar-refractivity contribution in [3.05, 3.63) is 62.5 Å². The Labute approximate surface area is 125 Å². The third-order valence-corrected chi connectivity index (χ3v) is 4.67. The second kappa shape index (κ2) is 5.26. The monoisotopic (exact) mass is 298 g/mol. The molecular weight excluding hydrogens is 284 g/mol. The van der Waals surface area contributed by atoms with Crippen molar-refractivity contribution in [3.63, 3.8) is 0 Å². The molecule has 106 valence electrons. The van der Waals surface area contributed by atoms with E-state index >= 15 is 0 Å². The van der Waals surface area contributed by atoms with E-state index in [0.29, 0.717) is 27.3 Å². The van der Waals surface area contributed by atoms with E-state index in [2.05, 4.69) is 9.97 Å². The number of H-pyrrole nitrogens is 1. The molecule has 0 aliphatic carbocycles. The summed E-state index contributed by atoms with van der Waals surface area (Å²) >= 11 is 1.29. The van der Waals surface area contributed by atoms with Crippen LogP contribution in [0.1, 0.15) is 33.5 Å². The van der Waals surface area contributed by atoms with Gasteiger partial charge in [-0.25, -0.2) is 4.98 Å². The Kier molecular flexibility index (Phi) is 3.43. The molecular formula is C16H14N2O2S. The van der Waals surface area contributed by atoms with Crippen LogP contribution in [0.25, 0.3) is 10.2 Å². The molecule has 1 aromatic carbocycles. The van der Waals surface area contributed by atoms with E-state index < -0.39 is 0 Å². The van der Waals surface area contributed by atoms with Gasteiger partial charge in [-0.1, -0.05) is 30.3 Å². The summed E-state index contributed by atoms with van der Waals surface area (Å²) in [6.45, 7) is 3.31. The first-order valence-electron chi connectivity index (χ1n) is 6.63. The molecule has 0 saturated heterocycles. The molecule has 3 rings (SSSR count). The quantitative estimate of drug-likeness (QED) is 0.756. The Morgan fingerprint density at radius 1 is 1.29 bits per heavy atom. The highest BCUT2D eigenvalue weighted by molar-refractivity contribution is 7.20.